The zero-order valence-electron chi connectivity index (χ0n) is 9.93. The average Bonchev–Trinajstić information content (AvgIpc) is 2.80. The first-order valence-corrected chi connectivity index (χ1v) is 7.17. The second-order valence-electron chi connectivity index (χ2n) is 4.18. The first-order chi connectivity index (χ1) is 8.88. The Balaban J connectivity index is 2.28. The van der Waals surface area contributed by atoms with Crippen LogP contribution in [0.25, 0.3) is 0 Å². The Kier molecular flexibility index (Phi) is 3.83. The minimum atomic E-state index is -4.04. The van der Waals surface area contributed by atoms with E-state index in [9.17, 15) is 17.6 Å². The molecule has 1 fully saturated rings. The molecule has 0 aromatic heterocycles. The summed E-state index contributed by atoms with van der Waals surface area (Å²) in [6.07, 6.45) is 0.659. The van der Waals surface area contributed by atoms with Gasteiger partial charge in [0, 0.05) is 6.61 Å². The first kappa shape index (κ1) is 13.9. The standard InChI is InChI=1S/C11H13FN2O4S/c12-7-3-4-10(19(13,16)17)8(6-7)14-11(15)9-2-1-5-18-9/h3-4,6,9H,1-2,5H2,(H,14,15)(H2,13,16,17). The molecule has 1 aromatic rings. The number of anilines is 1. The molecule has 0 spiro atoms. The van der Waals surface area contributed by atoms with E-state index in [-0.39, 0.29) is 10.6 Å². The molecule has 8 heteroatoms. The molecule has 0 radical (unpaired) electrons. The second-order valence-corrected chi connectivity index (χ2v) is 5.71. The molecule has 0 bridgehead atoms. The fraction of sp³-hybridized carbons (Fsp3) is 0.364. The van der Waals surface area contributed by atoms with Gasteiger partial charge in [-0.05, 0) is 31.0 Å². The monoisotopic (exact) mass is 288 g/mol. The third-order valence-electron chi connectivity index (χ3n) is 2.73. The van der Waals surface area contributed by atoms with Crippen molar-refractivity contribution in [3.63, 3.8) is 0 Å². The number of carbonyl (C=O) groups excluding carboxylic acids is 1. The van der Waals surface area contributed by atoms with E-state index in [2.05, 4.69) is 5.32 Å². The maximum atomic E-state index is 13.1. The van der Waals surface area contributed by atoms with Crippen LogP contribution in [0.15, 0.2) is 23.1 Å². The number of hydrogen-bond donors (Lipinski definition) is 2. The van der Waals surface area contributed by atoms with Gasteiger partial charge in [-0.25, -0.2) is 17.9 Å². The van der Waals surface area contributed by atoms with Crippen LogP contribution in [-0.4, -0.2) is 27.0 Å². The number of benzene rings is 1. The van der Waals surface area contributed by atoms with Crippen LogP contribution in [0.4, 0.5) is 10.1 Å². The lowest BCUT2D eigenvalue weighted by Gasteiger charge is -2.13. The Hall–Kier alpha value is -1.51. The molecule has 1 unspecified atom stereocenters. The fourth-order valence-electron chi connectivity index (χ4n) is 1.85. The third-order valence-corrected chi connectivity index (χ3v) is 3.70. The number of nitrogens with one attached hydrogen (secondary N) is 1. The summed E-state index contributed by atoms with van der Waals surface area (Å²) in [5.41, 5.74) is -0.178. The van der Waals surface area contributed by atoms with Gasteiger partial charge in [0.05, 0.1) is 5.69 Å². The van der Waals surface area contributed by atoms with E-state index < -0.39 is 27.9 Å². The average molecular weight is 288 g/mol. The molecule has 19 heavy (non-hydrogen) atoms. The van der Waals surface area contributed by atoms with Crippen molar-refractivity contribution in [1.82, 2.24) is 0 Å². The highest BCUT2D eigenvalue weighted by Crippen LogP contribution is 2.22. The van der Waals surface area contributed by atoms with Gasteiger partial charge < -0.3 is 10.1 Å². The molecule has 1 saturated heterocycles. The Bertz CT molecular complexity index is 597. The summed E-state index contributed by atoms with van der Waals surface area (Å²) in [4.78, 5) is 11.5. The van der Waals surface area contributed by atoms with Crippen LogP contribution in [0, 0.1) is 5.82 Å². The predicted molar refractivity (Wildman–Crippen MR) is 65.4 cm³/mol. The molecule has 0 aliphatic carbocycles. The van der Waals surface area contributed by atoms with Crippen LogP contribution < -0.4 is 10.5 Å². The number of ether oxygens (including phenoxy) is 1. The smallest absolute Gasteiger partial charge is 0.253 e. The van der Waals surface area contributed by atoms with Crippen molar-refractivity contribution < 1.29 is 22.3 Å². The Morgan fingerprint density at radius 2 is 2.21 bits per heavy atom. The Labute approximate surface area is 109 Å². The minimum absolute atomic E-state index is 0.178. The second kappa shape index (κ2) is 5.24. The highest BCUT2D eigenvalue weighted by molar-refractivity contribution is 7.89. The molecular formula is C11H13FN2O4S. The Morgan fingerprint density at radius 3 is 2.79 bits per heavy atom. The maximum absolute atomic E-state index is 13.1. The summed E-state index contributed by atoms with van der Waals surface area (Å²) in [5.74, 6) is -1.18. The van der Waals surface area contributed by atoms with Crippen LogP contribution in [0.5, 0.6) is 0 Å². The van der Waals surface area contributed by atoms with E-state index >= 15 is 0 Å². The normalized spacial score (nSPS) is 19.4. The number of sulfonamides is 1. The van der Waals surface area contributed by atoms with Gasteiger partial charge in [-0.1, -0.05) is 0 Å². The molecule has 2 rings (SSSR count). The van der Waals surface area contributed by atoms with Gasteiger partial charge in [0.1, 0.15) is 16.8 Å². The summed E-state index contributed by atoms with van der Waals surface area (Å²) in [6.45, 7) is 0.475. The summed E-state index contributed by atoms with van der Waals surface area (Å²) in [7, 11) is -4.04. The zero-order chi connectivity index (χ0) is 14.0. The lowest BCUT2D eigenvalue weighted by molar-refractivity contribution is -0.124. The van der Waals surface area contributed by atoms with E-state index in [0.29, 0.717) is 13.0 Å². The number of nitrogens with two attached hydrogens (primary N) is 1. The molecule has 1 atom stereocenters. The van der Waals surface area contributed by atoms with Gasteiger partial charge in [-0.3, -0.25) is 4.79 Å². The third kappa shape index (κ3) is 3.28. The summed E-state index contributed by atoms with van der Waals surface area (Å²) < 4.78 is 41.0. The molecule has 1 aliphatic rings. The summed E-state index contributed by atoms with van der Waals surface area (Å²) in [5, 5.41) is 7.34. The van der Waals surface area contributed by atoms with Crippen LogP contribution in [0.2, 0.25) is 0 Å². The molecule has 6 nitrogen and oxygen atoms in total. The fourth-order valence-corrected chi connectivity index (χ4v) is 2.52. The minimum Gasteiger partial charge on any atom is -0.368 e. The van der Waals surface area contributed by atoms with Crippen molar-refractivity contribution in [2.45, 2.75) is 23.8 Å². The molecule has 1 aromatic carbocycles. The van der Waals surface area contributed by atoms with Crippen molar-refractivity contribution in [3.05, 3.63) is 24.0 Å². The number of amides is 1. The SMILES string of the molecule is NS(=O)(=O)c1ccc(F)cc1NC(=O)C1CCCO1. The van der Waals surface area contributed by atoms with Crippen LogP contribution in [0.1, 0.15) is 12.8 Å². The maximum Gasteiger partial charge on any atom is 0.253 e. The lowest BCUT2D eigenvalue weighted by Crippen LogP contribution is -2.28. The van der Waals surface area contributed by atoms with Gasteiger partial charge in [0.15, 0.2) is 0 Å². The molecule has 104 valence electrons. The number of rotatable bonds is 3. The van der Waals surface area contributed by atoms with Gasteiger partial charge >= 0.3 is 0 Å². The number of primary sulfonamides is 1. The van der Waals surface area contributed by atoms with E-state index in [0.717, 1.165) is 24.6 Å². The number of carbonyl (C=O) groups is 1. The van der Waals surface area contributed by atoms with Crippen LogP contribution >= 0.6 is 0 Å². The van der Waals surface area contributed by atoms with Crippen molar-refractivity contribution in [1.29, 1.82) is 0 Å². The van der Waals surface area contributed by atoms with Crippen molar-refractivity contribution in [2.24, 2.45) is 5.14 Å². The number of halogens is 1. The highest BCUT2D eigenvalue weighted by Gasteiger charge is 2.25. The van der Waals surface area contributed by atoms with Crippen molar-refractivity contribution >= 4 is 21.6 Å². The molecular weight excluding hydrogens is 275 g/mol. The highest BCUT2D eigenvalue weighted by atomic mass is 32.2. The molecule has 0 saturated carbocycles. The van der Waals surface area contributed by atoms with Gasteiger partial charge in [-0.2, -0.15) is 0 Å². The van der Waals surface area contributed by atoms with Crippen molar-refractivity contribution in [3.8, 4) is 0 Å². The Morgan fingerprint density at radius 1 is 1.47 bits per heavy atom. The number of hydrogen-bond acceptors (Lipinski definition) is 4. The van der Waals surface area contributed by atoms with Crippen molar-refractivity contribution in [2.75, 3.05) is 11.9 Å². The molecule has 1 heterocycles. The van der Waals surface area contributed by atoms with Gasteiger partial charge in [0.2, 0.25) is 10.0 Å². The van der Waals surface area contributed by atoms with Gasteiger partial charge in [-0.15, -0.1) is 0 Å². The molecule has 3 N–H and O–H groups in total. The van der Waals surface area contributed by atoms with E-state index in [1.807, 2.05) is 0 Å². The van der Waals surface area contributed by atoms with E-state index in [4.69, 9.17) is 9.88 Å². The molecule has 1 aliphatic heterocycles. The summed E-state index contributed by atoms with van der Waals surface area (Å²) >= 11 is 0. The largest absolute Gasteiger partial charge is 0.368 e. The van der Waals surface area contributed by atoms with Crippen LogP contribution in [0.3, 0.4) is 0 Å². The lowest BCUT2D eigenvalue weighted by atomic mass is 10.2. The van der Waals surface area contributed by atoms with E-state index in [1.54, 1.807) is 0 Å². The first-order valence-electron chi connectivity index (χ1n) is 5.63. The van der Waals surface area contributed by atoms with Crippen LogP contribution in [-0.2, 0) is 19.6 Å². The van der Waals surface area contributed by atoms with E-state index in [1.165, 1.54) is 0 Å². The molecule has 1 amide bonds. The van der Waals surface area contributed by atoms with Gasteiger partial charge in [0.25, 0.3) is 5.91 Å². The topological polar surface area (TPSA) is 98.5 Å². The summed E-state index contributed by atoms with van der Waals surface area (Å²) in [6, 6.07) is 2.88. The zero-order valence-corrected chi connectivity index (χ0v) is 10.7. The quantitative estimate of drug-likeness (QED) is 0.850. The predicted octanol–water partition coefficient (Wildman–Crippen LogP) is 0.591.